The number of methoxy groups -OCH3 is 1. The first-order valence-electron chi connectivity index (χ1n) is 12.4. The summed E-state index contributed by atoms with van der Waals surface area (Å²) >= 11 is 0. The van der Waals surface area contributed by atoms with Crippen molar-refractivity contribution in [1.29, 1.82) is 0 Å². The van der Waals surface area contributed by atoms with Crippen molar-refractivity contribution >= 4 is 21.8 Å². The lowest BCUT2D eigenvalue weighted by Gasteiger charge is -2.37. The van der Waals surface area contributed by atoms with Crippen LogP contribution in [0.5, 0.6) is 5.75 Å². The molecule has 0 bridgehead atoms. The standard InChI is InChI=1S/C25H35N5O6S/c1-17-13-20(35-4)14-18(2)23(17)37(33,34)26-15-22-27-21(16-36-22)25(32)29-7-5-19(6-8-29)24(31)30-11-9-28(3)10-12-30/h13-14,16,19,26H,5-12,15H2,1-4H3. The van der Waals surface area contributed by atoms with E-state index in [0.717, 1.165) is 26.2 Å². The maximum atomic E-state index is 13.0. The molecule has 0 saturated carbocycles. The number of piperazine rings is 1. The Bertz CT molecular complexity index is 1220. The molecule has 2 amide bonds. The molecule has 202 valence electrons. The highest BCUT2D eigenvalue weighted by Gasteiger charge is 2.32. The van der Waals surface area contributed by atoms with E-state index in [-0.39, 0.29) is 40.8 Å². The number of likely N-dealkylation sites (tertiary alicyclic amines) is 1. The fraction of sp³-hybridized carbons (Fsp3) is 0.560. The number of oxazole rings is 1. The molecule has 2 aromatic rings. The van der Waals surface area contributed by atoms with Gasteiger partial charge in [-0.05, 0) is 57.0 Å². The number of rotatable bonds is 7. The molecule has 11 nitrogen and oxygen atoms in total. The van der Waals surface area contributed by atoms with E-state index in [4.69, 9.17) is 9.15 Å². The molecule has 2 saturated heterocycles. The van der Waals surface area contributed by atoms with E-state index in [1.165, 1.54) is 13.4 Å². The van der Waals surface area contributed by atoms with Crippen LogP contribution in [0.1, 0.15) is 40.3 Å². The number of ether oxygens (including phenoxy) is 1. The summed E-state index contributed by atoms with van der Waals surface area (Å²) in [6.07, 6.45) is 2.47. The van der Waals surface area contributed by atoms with Crippen LogP contribution in [0.3, 0.4) is 0 Å². The number of sulfonamides is 1. The first kappa shape index (κ1) is 27.1. The highest BCUT2D eigenvalue weighted by molar-refractivity contribution is 7.89. The Balaban J connectivity index is 1.32. The van der Waals surface area contributed by atoms with Gasteiger partial charge >= 0.3 is 0 Å². The number of aryl methyl sites for hydroxylation is 2. The van der Waals surface area contributed by atoms with Crippen LogP contribution in [0.15, 0.2) is 27.7 Å². The summed E-state index contributed by atoms with van der Waals surface area (Å²) in [4.78, 5) is 36.0. The average molecular weight is 534 g/mol. The SMILES string of the molecule is COc1cc(C)c(S(=O)(=O)NCc2nc(C(=O)N3CCC(C(=O)N4CCN(C)CC4)CC3)co2)c(C)c1. The van der Waals surface area contributed by atoms with Crippen molar-refractivity contribution in [3.05, 3.63) is 41.1 Å². The Kier molecular flexibility index (Phi) is 8.20. The number of carbonyl (C=O) groups excluding carboxylic acids is 2. The van der Waals surface area contributed by atoms with Crippen LogP contribution in [-0.4, -0.2) is 93.3 Å². The van der Waals surface area contributed by atoms with Crippen LogP contribution in [0, 0.1) is 19.8 Å². The second-order valence-corrected chi connectivity index (χ2v) is 11.4. The maximum absolute atomic E-state index is 13.0. The van der Waals surface area contributed by atoms with Crippen molar-refractivity contribution < 1.29 is 27.2 Å². The molecule has 1 aromatic carbocycles. The number of likely N-dealkylation sites (N-methyl/N-ethyl adjacent to an activating group) is 1. The van der Waals surface area contributed by atoms with Crippen molar-refractivity contribution in [3.8, 4) is 5.75 Å². The van der Waals surface area contributed by atoms with E-state index in [1.54, 1.807) is 30.9 Å². The van der Waals surface area contributed by atoms with Crippen LogP contribution in [-0.2, 0) is 21.4 Å². The van der Waals surface area contributed by atoms with Crippen LogP contribution in [0.4, 0.5) is 0 Å². The van der Waals surface area contributed by atoms with Gasteiger partial charge in [0, 0.05) is 45.2 Å². The highest BCUT2D eigenvalue weighted by Crippen LogP contribution is 2.26. The Morgan fingerprint density at radius 2 is 1.68 bits per heavy atom. The van der Waals surface area contributed by atoms with E-state index in [0.29, 0.717) is 42.8 Å². The normalized spacial score (nSPS) is 17.7. The van der Waals surface area contributed by atoms with Crippen LogP contribution in [0.2, 0.25) is 0 Å². The Hall–Kier alpha value is -2.96. The molecule has 4 rings (SSSR count). The number of nitrogens with one attached hydrogen (secondary N) is 1. The largest absolute Gasteiger partial charge is 0.497 e. The fourth-order valence-electron chi connectivity index (χ4n) is 4.95. The minimum atomic E-state index is -3.84. The molecule has 3 heterocycles. The molecule has 1 aromatic heterocycles. The number of aromatic nitrogens is 1. The smallest absolute Gasteiger partial charge is 0.275 e. The quantitative estimate of drug-likeness (QED) is 0.566. The zero-order chi connectivity index (χ0) is 26.7. The van der Waals surface area contributed by atoms with Gasteiger partial charge in [0.2, 0.25) is 21.8 Å². The summed E-state index contributed by atoms with van der Waals surface area (Å²) in [5, 5.41) is 0. The van der Waals surface area contributed by atoms with Gasteiger partial charge in [-0.1, -0.05) is 0 Å². The third kappa shape index (κ3) is 6.13. The van der Waals surface area contributed by atoms with E-state index in [1.807, 2.05) is 4.90 Å². The first-order valence-corrected chi connectivity index (χ1v) is 13.9. The average Bonchev–Trinajstić information content (AvgIpc) is 3.36. The van der Waals surface area contributed by atoms with Gasteiger partial charge in [0.05, 0.1) is 18.6 Å². The minimum absolute atomic E-state index is 0.0698. The summed E-state index contributed by atoms with van der Waals surface area (Å²) < 4.78 is 38.9. The Labute approximate surface area is 217 Å². The van der Waals surface area contributed by atoms with Crippen LogP contribution in [0.25, 0.3) is 0 Å². The number of carbonyl (C=O) groups is 2. The van der Waals surface area contributed by atoms with Gasteiger partial charge < -0.3 is 23.9 Å². The van der Waals surface area contributed by atoms with Gasteiger partial charge in [0.1, 0.15) is 12.0 Å². The molecular formula is C25H35N5O6S. The summed E-state index contributed by atoms with van der Waals surface area (Å²) in [5.41, 5.74) is 1.24. The lowest BCUT2D eigenvalue weighted by Crippen LogP contribution is -2.51. The first-order chi connectivity index (χ1) is 17.6. The fourth-order valence-corrected chi connectivity index (χ4v) is 6.37. The molecule has 0 atom stereocenters. The molecule has 0 unspecified atom stereocenters. The van der Waals surface area contributed by atoms with Crippen LogP contribution >= 0.6 is 0 Å². The maximum Gasteiger partial charge on any atom is 0.275 e. The highest BCUT2D eigenvalue weighted by atomic mass is 32.2. The zero-order valence-electron chi connectivity index (χ0n) is 21.8. The molecule has 0 radical (unpaired) electrons. The summed E-state index contributed by atoms with van der Waals surface area (Å²) in [6.45, 7) is 7.40. The number of amides is 2. The molecule has 2 fully saturated rings. The predicted octanol–water partition coefficient (Wildman–Crippen LogP) is 1.40. The van der Waals surface area contributed by atoms with E-state index >= 15 is 0 Å². The van der Waals surface area contributed by atoms with Gasteiger partial charge in [-0.2, -0.15) is 0 Å². The van der Waals surface area contributed by atoms with Crippen molar-refractivity contribution in [2.24, 2.45) is 5.92 Å². The number of hydrogen-bond donors (Lipinski definition) is 1. The molecular weight excluding hydrogens is 498 g/mol. The molecule has 1 N–H and O–H groups in total. The summed E-state index contributed by atoms with van der Waals surface area (Å²) in [5.74, 6) is 0.497. The second-order valence-electron chi connectivity index (χ2n) is 9.74. The lowest BCUT2D eigenvalue weighted by atomic mass is 9.94. The third-order valence-corrected chi connectivity index (χ3v) is 8.77. The summed E-state index contributed by atoms with van der Waals surface area (Å²) in [6, 6.07) is 3.32. The Morgan fingerprint density at radius 3 is 2.27 bits per heavy atom. The van der Waals surface area contributed by atoms with Crippen molar-refractivity contribution in [2.45, 2.75) is 38.1 Å². The number of piperidine rings is 1. The van der Waals surface area contributed by atoms with E-state index in [2.05, 4.69) is 21.7 Å². The molecule has 37 heavy (non-hydrogen) atoms. The number of nitrogens with zero attached hydrogens (tertiary/aromatic N) is 4. The molecule has 0 spiro atoms. The van der Waals surface area contributed by atoms with Crippen molar-refractivity contribution in [3.63, 3.8) is 0 Å². The monoisotopic (exact) mass is 533 g/mol. The van der Waals surface area contributed by atoms with Crippen molar-refractivity contribution in [1.82, 2.24) is 24.4 Å². The van der Waals surface area contributed by atoms with Crippen molar-refractivity contribution in [2.75, 3.05) is 53.4 Å². The van der Waals surface area contributed by atoms with Gasteiger partial charge in [-0.3, -0.25) is 9.59 Å². The van der Waals surface area contributed by atoms with Crippen LogP contribution < -0.4 is 9.46 Å². The third-order valence-electron chi connectivity index (χ3n) is 7.07. The zero-order valence-corrected chi connectivity index (χ0v) is 22.6. The minimum Gasteiger partial charge on any atom is -0.497 e. The van der Waals surface area contributed by atoms with Gasteiger partial charge in [-0.25, -0.2) is 18.1 Å². The van der Waals surface area contributed by atoms with Gasteiger partial charge in [0.15, 0.2) is 5.69 Å². The van der Waals surface area contributed by atoms with E-state index < -0.39 is 10.0 Å². The predicted molar refractivity (Wildman–Crippen MR) is 136 cm³/mol. The molecule has 2 aliphatic heterocycles. The summed E-state index contributed by atoms with van der Waals surface area (Å²) in [7, 11) is -0.262. The lowest BCUT2D eigenvalue weighted by molar-refractivity contribution is -0.138. The topological polar surface area (TPSA) is 125 Å². The molecule has 12 heteroatoms. The second kappa shape index (κ2) is 11.2. The van der Waals surface area contributed by atoms with Gasteiger partial charge in [0.25, 0.3) is 5.91 Å². The molecule has 0 aliphatic carbocycles. The number of benzene rings is 1. The Morgan fingerprint density at radius 1 is 1.05 bits per heavy atom. The van der Waals surface area contributed by atoms with Gasteiger partial charge in [-0.15, -0.1) is 0 Å². The van der Waals surface area contributed by atoms with E-state index in [9.17, 15) is 18.0 Å². The molecule has 2 aliphatic rings. The number of hydrogen-bond acceptors (Lipinski definition) is 8.